The summed E-state index contributed by atoms with van der Waals surface area (Å²) >= 11 is 0. The Morgan fingerprint density at radius 2 is 1.53 bits per heavy atom. The Morgan fingerprint density at radius 3 is 2.11 bits per heavy atom. The van der Waals surface area contributed by atoms with Crippen LogP contribution in [0.15, 0.2) is 36.4 Å². The van der Waals surface area contributed by atoms with Crippen molar-refractivity contribution in [2.45, 2.75) is 13.0 Å². The molecule has 0 aliphatic carbocycles. The molecule has 0 aliphatic rings. The first-order valence-electron chi connectivity index (χ1n) is 5.64. The van der Waals surface area contributed by atoms with Gasteiger partial charge < -0.3 is 5.32 Å². The van der Waals surface area contributed by atoms with Crippen molar-refractivity contribution in [2.75, 3.05) is 5.32 Å². The van der Waals surface area contributed by atoms with E-state index in [1.165, 1.54) is 18.2 Å². The SMILES string of the molecule is CC(Nc1c(F)cc(F)cc1F)c1cccc(F)c1. The van der Waals surface area contributed by atoms with Gasteiger partial charge in [-0.2, -0.15) is 0 Å². The summed E-state index contributed by atoms with van der Waals surface area (Å²) in [5.74, 6) is -3.48. The summed E-state index contributed by atoms with van der Waals surface area (Å²) in [7, 11) is 0. The maximum absolute atomic E-state index is 13.5. The second kappa shape index (κ2) is 5.30. The Morgan fingerprint density at radius 1 is 0.895 bits per heavy atom. The van der Waals surface area contributed by atoms with Crippen LogP contribution in [0.4, 0.5) is 23.2 Å². The van der Waals surface area contributed by atoms with Gasteiger partial charge in [0.1, 0.15) is 17.3 Å². The maximum atomic E-state index is 13.5. The van der Waals surface area contributed by atoms with Gasteiger partial charge in [0.2, 0.25) is 0 Å². The van der Waals surface area contributed by atoms with E-state index in [1.54, 1.807) is 13.0 Å². The van der Waals surface area contributed by atoms with Crippen LogP contribution < -0.4 is 5.32 Å². The Kier molecular flexibility index (Phi) is 3.74. The molecule has 0 saturated heterocycles. The zero-order chi connectivity index (χ0) is 14.0. The highest BCUT2D eigenvalue weighted by molar-refractivity contribution is 5.48. The van der Waals surface area contributed by atoms with Crippen LogP contribution in [-0.4, -0.2) is 0 Å². The van der Waals surface area contributed by atoms with Crippen LogP contribution in [0.2, 0.25) is 0 Å². The molecular formula is C14H11F4N. The van der Waals surface area contributed by atoms with Gasteiger partial charge in [-0.15, -0.1) is 0 Å². The van der Waals surface area contributed by atoms with Crippen molar-refractivity contribution in [1.82, 2.24) is 0 Å². The van der Waals surface area contributed by atoms with Crippen LogP contribution in [0.1, 0.15) is 18.5 Å². The molecule has 0 amide bonds. The molecule has 0 bridgehead atoms. The first kappa shape index (κ1) is 13.4. The summed E-state index contributed by atoms with van der Waals surface area (Å²) < 4.78 is 52.7. The van der Waals surface area contributed by atoms with E-state index in [4.69, 9.17) is 0 Å². The fraction of sp³-hybridized carbons (Fsp3) is 0.143. The van der Waals surface area contributed by atoms with Crippen LogP contribution in [0.5, 0.6) is 0 Å². The first-order valence-corrected chi connectivity index (χ1v) is 5.64. The van der Waals surface area contributed by atoms with Crippen LogP contribution in [0.25, 0.3) is 0 Å². The minimum Gasteiger partial charge on any atom is -0.374 e. The third-order valence-electron chi connectivity index (χ3n) is 2.72. The molecule has 1 nitrogen and oxygen atoms in total. The third-order valence-corrected chi connectivity index (χ3v) is 2.72. The molecule has 100 valence electrons. The average Bonchev–Trinajstić information content (AvgIpc) is 2.33. The van der Waals surface area contributed by atoms with E-state index in [9.17, 15) is 17.6 Å². The van der Waals surface area contributed by atoms with Gasteiger partial charge in [0.05, 0.1) is 0 Å². The van der Waals surface area contributed by atoms with Gasteiger partial charge in [0.25, 0.3) is 0 Å². The quantitative estimate of drug-likeness (QED) is 0.813. The molecule has 5 heteroatoms. The standard InChI is InChI=1S/C14H11F4N/c1-8(9-3-2-4-10(15)5-9)19-14-12(17)6-11(16)7-13(14)18/h2-8,19H,1H3. The van der Waals surface area contributed by atoms with Crippen molar-refractivity contribution in [3.05, 3.63) is 65.2 Å². The van der Waals surface area contributed by atoms with Crippen molar-refractivity contribution in [2.24, 2.45) is 0 Å². The lowest BCUT2D eigenvalue weighted by Crippen LogP contribution is -2.10. The molecule has 0 fully saturated rings. The molecule has 1 unspecified atom stereocenters. The van der Waals surface area contributed by atoms with Crippen LogP contribution >= 0.6 is 0 Å². The average molecular weight is 269 g/mol. The summed E-state index contributed by atoms with van der Waals surface area (Å²) in [4.78, 5) is 0. The lowest BCUT2D eigenvalue weighted by atomic mass is 10.1. The van der Waals surface area contributed by atoms with E-state index in [0.717, 1.165) is 0 Å². The monoisotopic (exact) mass is 269 g/mol. The lowest BCUT2D eigenvalue weighted by molar-refractivity contribution is 0.545. The smallest absolute Gasteiger partial charge is 0.152 e. The molecule has 19 heavy (non-hydrogen) atoms. The first-order chi connectivity index (χ1) is 8.97. The zero-order valence-electron chi connectivity index (χ0n) is 10.1. The highest BCUT2D eigenvalue weighted by Crippen LogP contribution is 2.25. The molecular weight excluding hydrogens is 258 g/mol. The number of nitrogens with one attached hydrogen (secondary N) is 1. The Labute approximate surface area is 107 Å². The van der Waals surface area contributed by atoms with Crippen LogP contribution in [0, 0.1) is 23.3 Å². The molecule has 2 aromatic carbocycles. The van der Waals surface area contributed by atoms with E-state index in [2.05, 4.69) is 5.32 Å². The lowest BCUT2D eigenvalue weighted by Gasteiger charge is -2.17. The fourth-order valence-corrected chi connectivity index (χ4v) is 1.76. The minimum atomic E-state index is -1.03. The molecule has 0 saturated carbocycles. The minimum absolute atomic E-state index is 0.432. The molecule has 0 spiro atoms. The van der Waals surface area contributed by atoms with Gasteiger partial charge in [-0.25, -0.2) is 17.6 Å². The number of anilines is 1. The van der Waals surface area contributed by atoms with E-state index < -0.39 is 35.0 Å². The van der Waals surface area contributed by atoms with Gasteiger partial charge in [-0.1, -0.05) is 12.1 Å². The third kappa shape index (κ3) is 3.05. The van der Waals surface area contributed by atoms with Gasteiger partial charge in [0, 0.05) is 18.2 Å². The zero-order valence-corrected chi connectivity index (χ0v) is 10.1. The largest absolute Gasteiger partial charge is 0.374 e. The predicted molar refractivity (Wildman–Crippen MR) is 64.8 cm³/mol. The summed E-state index contributed by atoms with van der Waals surface area (Å²) in [6, 6.07) is 6.31. The number of benzene rings is 2. The van der Waals surface area contributed by atoms with Gasteiger partial charge in [-0.3, -0.25) is 0 Å². The fourth-order valence-electron chi connectivity index (χ4n) is 1.76. The molecule has 2 rings (SSSR count). The van der Waals surface area contributed by atoms with Crippen molar-refractivity contribution in [3.63, 3.8) is 0 Å². The normalized spacial score (nSPS) is 12.3. The van der Waals surface area contributed by atoms with Crippen LogP contribution in [-0.2, 0) is 0 Å². The Balaban J connectivity index is 2.26. The molecule has 1 atom stereocenters. The molecule has 1 N–H and O–H groups in total. The molecule has 0 heterocycles. The number of rotatable bonds is 3. The molecule has 0 aliphatic heterocycles. The van der Waals surface area contributed by atoms with E-state index in [-0.39, 0.29) is 0 Å². The maximum Gasteiger partial charge on any atom is 0.152 e. The summed E-state index contributed by atoms with van der Waals surface area (Å²) in [5.41, 5.74) is 0.0984. The Bertz CT molecular complexity index is 575. The van der Waals surface area contributed by atoms with E-state index >= 15 is 0 Å². The van der Waals surface area contributed by atoms with Gasteiger partial charge in [0.15, 0.2) is 11.6 Å². The van der Waals surface area contributed by atoms with Crippen molar-refractivity contribution < 1.29 is 17.6 Å². The van der Waals surface area contributed by atoms with Crippen molar-refractivity contribution in [3.8, 4) is 0 Å². The number of hydrogen-bond acceptors (Lipinski definition) is 1. The van der Waals surface area contributed by atoms with Crippen molar-refractivity contribution in [1.29, 1.82) is 0 Å². The topological polar surface area (TPSA) is 12.0 Å². The molecule has 0 aromatic heterocycles. The summed E-state index contributed by atoms with van der Waals surface area (Å²) in [5, 5.41) is 2.57. The Hall–Kier alpha value is -2.04. The number of hydrogen-bond donors (Lipinski definition) is 1. The predicted octanol–water partition coefficient (Wildman–Crippen LogP) is 4.42. The second-order valence-electron chi connectivity index (χ2n) is 4.17. The molecule has 2 aromatic rings. The highest BCUT2D eigenvalue weighted by atomic mass is 19.1. The summed E-state index contributed by atoms with van der Waals surface area (Å²) in [6.07, 6.45) is 0. The second-order valence-corrected chi connectivity index (χ2v) is 4.17. The van der Waals surface area contributed by atoms with Crippen LogP contribution in [0.3, 0.4) is 0 Å². The van der Waals surface area contributed by atoms with Gasteiger partial charge in [-0.05, 0) is 24.6 Å². The highest BCUT2D eigenvalue weighted by Gasteiger charge is 2.14. The number of halogens is 4. The molecule has 0 radical (unpaired) electrons. The summed E-state index contributed by atoms with van der Waals surface area (Å²) in [6.45, 7) is 1.62. The van der Waals surface area contributed by atoms with E-state index in [1.807, 2.05) is 0 Å². The van der Waals surface area contributed by atoms with Gasteiger partial charge >= 0.3 is 0 Å². The van der Waals surface area contributed by atoms with Crippen molar-refractivity contribution >= 4 is 5.69 Å². The van der Waals surface area contributed by atoms with E-state index in [0.29, 0.717) is 17.7 Å².